The molecule has 0 aromatic carbocycles. The summed E-state index contributed by atoms with van der Waals surface area (Å²) >= 11 is 0. The minimum atomic E-state index is -2.85. The van der Waals surface area contributed by atoms with E-state index in [4.69, 9.17) is 0 Å². The molecule has 2 atom stereocenters. The van der Waals surface area contributed by atoms with Gasteiger partial charge in [-0.1, -0.05) is 33.1 Å². The molecule has 0 aliphatic carbocycles. The van der Waals surface area contributed by atoms with Crippen LogP contribution >= 0.6 is 0 Å². The maximum atomic E-state index is 11.4. The van der Waals surface area contributed by atoms with Crippen molar-refractivity contribution in [2.45, 2.75) is 65.5 Å². The fraction of sp³-hybridized carbons (Fsp3) is 1.00. The second-order valence-electron chi connectivity index (χ2n) is 4.66. The zero-order chi connectivity index (χ0) is 12.6. The molecule has 0 amide bonds. The van der Waals surface area contributed by atoms with Crippen LogP contribution in [-0.2, 0) is 9.84 Å². The van der Waals surface area contributed by atoms with Gasteiger partial charge in [0.05, 0.1) is 5.75 Å². The molecule has 0 heterocycles. The Morgan fingerprint density at radius 1 is 1.06 bits per heavy atom. The smallest absolute Gasteiger partial charge is 0.151 e. The molecule has 98 valence electrons. The number of hydrogen-bond acceptors (Lipinski definition) is 3. The molecule has 4 heteroatoms. The van der Waals surface area contributed by atoms with E-state index in [1.54, 1.807) is 6.92 Å². The van der Waals surface area contributed by atoms with Crippen molar-refractivity contribution in [2.24, 2.45) is 0 Å². The number of nitrogens with one attached hydrogen (secondary N) is 1. The van der Waals surface area contributed by atoms with E-state index in [2.05, 4.69) is 19.2 Å². The molecule has 0 aliphatic heterocycles. The fourth-order valence-corrected chi connectivity index (χ4v) is 2.91. The van der Waals surface area contributed by atoms with Gasteiger partial charge in [0.2, 0.25) is 0 Å². The molecule has 0 radical (unpaired) electrons. The summed E-state index contributed by atoms with van der Waals surface area (Å²) in [6, 6.07) is 0.468. The first-order valence-corrected chi connectivity index (χ1v) is 8.19. The van der Waals surface area contributed by atoms with E-state index in [0.717, 1.165) is 6.42 Å². The molecule has 1 N–H and O–H groups in total. The van der Waals surface area contributed by atoms with Gasteiger partial charge in [0.1, 0.15) is 0 Å². The van der Waals surface area contributed by atoms with Crippen molar-refractivity contribution < 1.29 is 8.42 Å². The molecular formula is C12H27NO2S. The van der Waals surface area contributed by atoms with Crippen LogP contribution in [0, 0.1) is 0 Å². The summed E-state index contributed by atoms with van der Waals surface area (Å²) in [6.45, 7) is 7.97. The van der Waals surface area contributed by atoms with Crippen LogP contribution in [0.2, 0.25) is 0 Å². The van der Waals surface area contributed by atoms with Gasteiger partial charge in [-0.3, -0.25) is 0 Å². The molecule has 0 rings (SSSR count). The van der Waals surface area contributed by atoms with Gasteiger partial charge >= 0.3 is 0 Å². The van der Waals surface area contributed by atoms with Crippen molar-refractivity contribution >= 4 is 9.84 Å². The van der Waals surface area contributed by atoms with E-state index >= 15 is 0 Å². The van der Waals surface area contributed by atoms with Gasteiger partial charge in [-0.15, -0.1) is 0 Å². The molecule has 2 unspecified atom stereocenters. The lowest BCUT2D eigenvalue weighted by atomic mass is 10.1. The van der Waals surface area contributed by atoms with E-state index in [-0.39, 0.29) is 17.5 Å². The monoisotopic (exact) mass is 249 g/mol. The predicted octanol–water partition coefficient (Wildman–Crippen LogP) is 2.37. The lowest BCUT2D eigenvalue weighted by molar-refractivity contribution is 0.447. The Bertz CT molecular complexity index is 262. The van der Waals surface area contributed by atoms with Crippen molar-refractivity contribution in [3.05, 3.63) is 0 Å². The van der Waals surface area contributed by atoms with Gasteiger partial charge in [-0.05, 0) is 20.3 Å². The molecule has 16 heavy (non-hydrogen) atoms. The summed E-state index contributed by atoms with van der Waals surface area (Å²) in [5.74, 6) is 0.491. The zero-order valence-corrected chi connectivity index (χ0v) is 11.9. The van der Waals surface area contributed by atoms with Crippen LogP contribution in [-0.4, -0.2) is 32.0 Å². The summed E-state index contributed by atoms with van der Waals surface area (Å²) in [5, 5.41) is 3.35. The van der Waals surface area contributed by atoms with E-state index in [1.807, 2.05) is 6.92 Å². The van der Waals surface area contributed by atoms with Gasteiger partial charge in [-0.2, -0.15) is 0 Å². The number of rotatable bonds is 9. The first-order chi connectivity index (χ1) is 7.41. The Hall–Kier alpha value is -0.0900. The molecule has 3 nitrogen and oxygen atoms in total. The van der Waals surface area contributed by atoms with Crippen LogP contribution < -0.4 is 5.32 Å². The van der Waals surface area contributed by atoms with Crippen LogP contribution in [0.4, 0.5) is 0 Å². The third kappa shape index (κ3) is 8.11. The minimum Gasteiger partial charge on any atom is -0.311 e. The average Bonchev–Trinajstić information content (AvgIpc) is 2.17. The van der Waals surface area contributed by atoms with Gasteiger partial charge in [0.25, 0.3) is 0 Å². The maximum Gasteiger partial charge on any atom is 0.151 e. The van der Waals surface area contributed by atoms with Gasteiger partial charge in [0, 0.05) is 17.8 Å². The van der Waals surface area contributed by atoms with E-state index in [0.29, 0.717) is 6.04 Å². The average molecular weight is 249 g/mol. The maximum absolute atomic E-state index is 11.4. The molecule has 0 aromatic rings. The fourth-order valence-electron chi connectivity index (χ4n) is 1.82. The van der Waals surface area contributed by atoms with Gasteiger partial charge in [-0.25, -0.2) is 8.42 Å². The van der Waals surface area contributed by atoms with Crippen molar-refractivity contribution in [3.63, 3.8) is 0 Å². The Morgan fingerprint density at radius 3 is 2.19 bits per heavy atom. The Morgan fingerprint density at radius 2 is 1.69 bits per heavy atom. The van der Waals surface area contributed by atoms with Gasteiger partial charge < -0.3 is 5.32 Å². The van der Waals surface area contributed by atoms with E-state index < -0.39 is 9.84 Å². The normalized spacial score (nSPS) is 16.0. The summed E-state index contributed by atoms with van der Waals surface area (Å²) in [4.78, 5) is 0. The second kappa shape index (κ2) is 8.07. The molecule has 0 spiro atoms. The van der Waals surface area contributed by atoms with Crippen molar-refractivity contribution in [3.8, 4) is 0 Å². The number of hydrogen-bond donors (Lipinski definition) is 1. The van der Waals surface area contributed by atoms with Crippen LogP contribution in [0.1, 0.15) is 53.4 Å². The van der Waals surface area contributed by atoms with Gasteiger partial charge in [0.15, 0.2) is 9.84 Å². The minimum absolute atomic E-state index is 0.0570. The Balaban J connectivity index is 3.82. The summed E-state index contributed by atoms with van der Waals surface area (Å²) in [5.41, 5.74) is 0. The first-order valence-electron chi connectivity index (χ1n) is 6.37. The van der Waals surface area contributed by atoms with Crippen LogP contribution in [0.15, 0.2) is 0 Å². The highest BCUT2D eigenvalue weighted by Gasteiger charge is 2.14. The highest BCUT2D eigenvalue weighted by molar-refractivity contribution is 7.91. The van der Waals surface area contributed by atoms with Crippen LogP contribution in [0.25, 0.3) is 0 Å². The zero-order valence-electron chi connectivity index (χ0n) is 11.1. The lowest BCUT2D eigenvalue weighted by Crippen LogP contribution is -2.39. The second-order valence-corrected chi connectivity index (χ2v) is 7.06. The van der Waals surface area contributed by atoms with Crippen molar-refractivity contribution in [2.75, 3.05) is 11.5 Å². The molecule has 0 aliphatic rings. The summed E-state index contributed by atoms with van der Waals surface area (Å²) in [6.07, 6.45) is 4.84. The molecular weight excluding hydrogens is 222 g/mol. The molecule has 0 fully saturated rings. The highest BCUT2D eigenvalue weighted by Crippen LogP contribution is 2.04. The standard InChI is InChI=1S/C12H27NO2S/c1-5-7-8-9-11(3)13-12(4)10-16(14,15)6-2/h11-13H,5-10H2,1-4H3. The highest BCUT2D eigenvalue weighted by atomic mass is 32.2. The quantitative estimate of drug-likeness (QED) is 0.638. The third-order valence-corrected chi connectivity index (χ3v) is 4.64. The third-order valence-electron chi connectivity index (χ3n) is 2.75. The predicted molar refractivity (Wildman–Crippen MR) is 70.5 cm³/mol. The first kappa shape index (κ1) is 15.9. The molecule has 0 bridgehead atoms. The summed E-state index contributed by atoms with van der Waals surface area (Å²) in [7, 11) is -2.85. The van der Waals surface area contributed by atoms with E-state index in [9.17, 15) is 8.42 Å². The lowest BCUT2D eigenvalue weighted by Gasteiger charge is -2.19. The van der Waals surface area contributed by atoms with Crippen LogP contribution in [0.3, 0.4) is 0 Å². The van der Waals surface area contributed by atoms with E-state index in [1.165, 1.54) is 19.3 Å². The van der Waals surface area contributed by atoms with Crippen molar-refractivity contribution in [1.29, 1.82) is 0 Å². The van der Waals surface area contributed by atoms with Crippen LogP contribution in [0.5, 0.6) is 0 Å². The number of sulfone groups is 1. The summed E-state index contributed by atoms with van der Waals surface area (Å²) < 4.78 is 22.8. The Labute approximate surface area is 101 Å². The SMILES string of the molecule is CCCCCC(C)NC(C)CS(=O)(=O)CC. The molecule has 0 saturated carbocycles. The van der Waals surface area contributed by atoms with Crippen molar-refractivity contribution in [1.82, 2.24) is 5.32 Å². The number of unbranched alkanes of at least 4 members (excludes halogenated alkanes) is 2. The molecule has 0 saturated heterocycles. The Kier molecular flexibility index (Phi) is 8.02. The largest absolute Gasteiger partial charge is 0.311 e. The topological polar surface area (TPSA) is 46.2 Å². The molecule has 0 aromatic heterocycles.